The topological polar surface area (TPSA) is 108 Å². The molecule has 0 aliphatic carbocycles. The molecule has 138 valence electrons. The summed E-state index contributed by atoms with van der Waals surface area (Å²) in [7, 11) is 3.09. The Kier molecular flexibility index (Phi) is 6.32. The van der Waals surface area contributed by atoms with Crippen molar-refractivity contribution in [2.24, 2.45) is 0 Å². The molecule has 2 aromatic rings. The van der Waals surface area contributed by atoms with E-state index in [2.05, 4.69) is 5.32 Å². The van der Waals surface area contributed by atoms with Crippen molar-refractivity contribution in [1.29, 1.82) is 0 Å². The second-order valence-corrected chi connectivity index (χ2v) is 5.47. The molecule has 0 spiro atoms. The average Bonchev–Trinajstić information content (AvgIpc) is 2.64. The van der Waals surface area contributed by atoms with Crippen molar-refractivity contribution >= 4 is 12.0 Å². The Labute approximate surface area is 151 Å². The Hall–Kier alpha value is -3.35. The van der Waals surface area contributed by atoms with Crippen LogP contribution in [0.4, 0.5) is 0 Å². The molecule has 26 heavy (non-hydrogen) atoms. The van der Waals surface area contributed by atoms with Crippen LogP contribution in [0.2, 0.25) is 0 Å². The van der Waals surface area contributed by atoms with Crippen LogP contribution in [-0.2, 0) is 11.2 Å². The first-order valence-electron chi connectivity index (χ1n) is 7.86. The number of carbonyl (C=O) groups excluding carboxylic acids is 1. The van der Waals surface area contributed by atoms with E-state index >= 15 is 0 Å². The van der Waals surface area contributed by atoms with Crippen LogP contribution in [0.3, 0.4) is 0 Å². The van der Waals surface area contributed by atoms with Crippen molar-refractivity contribution < 1.29 is 29.6 Å². The number of methoxy groups -OCH3 is 2. The first-order valence-corrected chi connectivity index (χ1v) is 7.86. The molecule has 7 nitrogen and oxygen atoms in total. The lowest BCUT2D eigenvalue weighted by molar-refractivity contribution is -0.116. The van der Waals surface area contributed by atoms with E-state index in [0.717, 1.165) is 5.56 Å². The van der Waals surface area contributed by atoms with Crippen molar-refractivity contribution in [3.05, 3.63) is 47.5 Å². The second kappa shape index (κ2) is 8.66. The number of hydrogen-bond donors (Lipinski definition) is 4. The second-order valence-electron chi connectivity index (χ2n) is 5.47. The number of rotatable bonds is 7. The zero-order chi connectivity index (χ0) is 19.1. The van der Waals surface area contributed by atoms with E-state index in [0.29, 0.717) is 30.0 Å². The van der Waals surface area contributed by atoms with Crippen LogP contribution >= 0.6 is 0 Å². The minimum atomic E-state index is -0.560. The molecule has 0 aliphatic heterocycles. The van der Waals surface area contributed by atoms with Crippen molar-refractivity contribution in [1.82, 2.24) is 5.32 Å². The van der Waals surface area contributed by atoms with Gasteiger partial charge in [-0.25, -0.2) is 0 Å². The number of benzene rings is 2. The largest absolute Gasteiger partial charge is 0.504 e. The number of nitrogens with one attached hydrogen (secondary N) is 1. The Morgan fingerprint density at radius 1 is 1.04 bits per heavy atom. The minimum Gasteiger partial charge on any atom is -0.504 e. The first kappa shape index (κ1) is 19.0. The van der Waals surface area contributed by atoms with Gasteiger partial charge in [0.15, 0.2) is 28.7 Å². The maximum Gasteiger partial charge on any atom is 0.244 e. The molecular weight excluding hydrogens is 338 g/mol. The standard InChI is InChI=1S/C19H21NO6/c1-25-16-5-3-12(11-17(16)26-2)4-6-18(23)20-8-7-13-9-14(21)19(24)15(22)10-13/h3-6,9-11,21-22,24H,7-8H2,1-2H3,(H,20,23)/b6-4+. The summed E-state index contributed by atoms with van der Waals surface area (Å²) in [5.74, 6) is -0.474. The normalized spacial score (nSPS) is 10.7. The van der Waals surface area contributed by atoms with Crippen LogP contribution in [0.25, 0.3) is 6.08 Å². The smallest absolute Gasteiger partial charge is 0.244 e. The molecule has 4 N–H and O–H groups in total. The molecule has 0 radical (unpaired) electrons. The van der Waals surface area contributed by atoms with Crippen LogP contribution in [-0.4, -0.2) is 42.0 Å². The number of carbonyl (C=O) groups is 1. The van der Waals surface area contributed by atoms with Crippen LogP contribution in [0.1, 0.15) is 11.1 Å². The van der Waals surface area contributed by atoms with Crippen molar-refractivity contribution in [2.45, 2.75) is 6.42 Å². The summed E-state index contributed by atoms with van der Waals surface area (Å²) in [6.07, 6.45) is 3.43. The Morgan fingerprint density at radius 3 is 2.31 bits per heavy atom. The molecule has 0 unspecified atom stereocenters. The van der Waals surface area contributed by atoms with Gasteiger partial charge in [0, 0.05) is 12.6 Å². The van der Waals surface area contributed by atoms with E-state index in [1.807, 2.05) is 0 Å². The molecule has 0 atom stereocenters. The van der Waals surface area contributed by atoms with Crippen LogP contribution in [0.5, 0.6) is 28.7 Å². The van der Waals surface area contributed by atoms with Gasteiger partial charge < -0.3 is 30.1 Å². The molecular formula is C19H21NO6. The molecule has 1 amide bonds. The zero-order valence-corrected chi connectivity index (χ0v) is 14.5. The highest BCUT2D eigenvalue weighted by Gasteiger charge is 2.08. The number of aromatic hydroxyl groups is 3. The highest BCUT2D eigenvalue weighted by molar-refractivity contribution is 5.91. The summed E-state index contributed by atoms with van der Waals surface area (Å²) in [5.41, 5.74) is 1.37. The first-order chi connectivity index (χ1) is 12.4. The summed E-state index contributed by atoms with van der Waals surface area (Å²) in [5, 5.41) is 30.9. The van der Waals surface area contributed by atoms with E-state index < -0.39 is 17.2 Å². The van der Waals surface area contributed by atoms with Crippen LogP contribution < -0.4 is 14.8 Å². The Morgan fingerprint density at radius 2 is 1.69 bits per heavy atom. The third-order valence-corrected chi connectivity index (χ3v) is 3.68. The van der Waals surface area contributed by atoms with Gasteiger partial charge in [0.05, 0.1) is 14.2 Å². The van der Waals surface area contributed by atoms with E-state index in [4.69, 9.17) is 9.47 Å². The molecule has 0 fully saturated rings. The van der Waals surface area contributed by atoms with Crippen molar-refractivity contribution in [2.75, 3.05) is 20.8 Å². The lowest BCUT2D eigenvalue weighted by Crippen LogP contribution is -2.23. The van der Waals surface area contributed by atoms with Gasteiger partial charge in [-0.2, -0.15) is 0 Å². The fourth-order valence-electron chi connectivity index (χ4n) is 2.32. The molecule has 0 saturated carbocycles. The van der Waals surface area contributed by atoms with Gasteiger partial charge in [-0.05, 0) is 47.9 Å². The maximum absolute atomic E-state index is 11.9. The van der Waals surface area contributed by atoms with Crippen LogP contribution in [0, 0.1) is 0 Å². The van der Waals surface area contributed by atoms with Crippen molar-refractivity contribution in [3.63, 3.8) is 0 Å². The molecule has 7 heteroatoms. The van der Waals surface area contributed by atoms with E-state index in [9.17, 15) is 20.1 Å². The molecule has 0 heterocycles. The fourth-order valence-corrected chi connectivity index (χ4v) is 2.32. The van der Waals surface area contributed by atoms with Gasteiger partial charge in [0.1, 0.15) is 0 Å². The van der Waals surface area contributed by atoms with Crippen LogP contribution in [0.15, 0.2) is 36.4 Å². The lowest BCUT2D eigenvalue weighted by atomic mass is 10.1. The molecule has 2 rings (SSSR count). The molecule has 0 saturated heterocycles. The van der Waals surface area contributed by atoms with Gasteiger partial charge in [-0.3, -0.25) is 4.79 Å². The Bertz CT molecular complexity index is 793. The third kappa shape index (κ3) is 4.83. The highest BCUT2D eigenvalue weighted by Crippen LogP contribution is 2.35. The van der Waals surface area contributed by atoms with Gasteiger partial charge in [-0.15, -0.1) is 0 Å². The van der Waals surface area contributed by atoms with Gasteiger partial charge >= 0.3 is 0 Å². The number of amides is 1. The van der Waals surface area contributed by atoms with Crippen molar-refractivity contribution in [3.8, 4) is 28.7 Å². The summed E-state index contributed by atoms with van der Waals surface area (Å²) in [6, 6.07) is 7.97. The summed E-state index contributed by atoms with van der Waals surface area (Å²) in [4.78, 5) is 11.9. The van der Waals surface area contributed by atoms with E-state index in [-0.39, 0.29) is 5.91 Å². The molecule has 2 aromatic carbocycles. The predicted octanol–water partition coefficient (Wildman–Crippen LogP) is 2.19. The third-order valence-electron chi connectivity index (χ3n) is 3.68. The summed E-state index contributed by atoms with van der Waals surface area (Å²) in [6.45, 7) is 0.304. The number of phenols is 3. The molecule has 0 aliphatic rings. The van der Waals surface area contributed by atoms with E-state index in [1.165, 1.54) is 25.3 Å². The monoisotopic (exact) mass is 359 g/mol. The molecule has 0 bridgehead atoms. The lowest BCUT2D eigenvalue weighted by Gasteiger charge is -2.08. The zero-order valence-electron chi connectivity index (χ0n) is 14.5. The molecule has 0 aromatic heterocycles. The minimum absolute atomic E-state index is 0.285. The number of phenolic OH excluding ortho intramolecular Hbond substituents is 3. The van der Waals surface area contributed by atoms with Gasteiger partial charge in [-0.1, -0.05) is 6.07 Å². The predicted molar refractivity (Wildman–Crippen MR) is 96.7 cm³/mol. The summed E-state index contributed by atoms with van der Waals surface area (Å²) < 4.78 is 10.4. The van der Waals surface area contributed by atoms with Gasteiger partial charge in [0.25, 0.3) is 0 Å². The summed E-state index contributed by atoms with van der Waals surface area (Å²) >= 11 is 0. The van der Waals surface area contributed by atoms with E-state index in [1.54, 1.807) is 31.4 Å². The quantitative estimate of drug-likeness (QED) is 0.446. The number of hydrogen-bond acceptors (Lipinski definition) is 6. The number of ether oxygens (including phenoxy) is 2. The average molecular weight is 359 g/mol. The highest BCUT2D eigenvalue weighted by atomic mass is 16.5. The SMILES string of the molecule is COc1ccc(/C=C/C(=O)NCCc2cc(O)c(O)c(O)c2)cc1OC. The van der Waals surface area contributed by atoms with Gasteiger partial charge in [0.2, 0.25) is 5.91 Å². The Balaban J connectivity index is 1.90. The fraction of sp³-hybridized carbons (Fsp3) is 0.211. The maximum atomic E-state index is 11.9.